The number of rotatable bonds is 6. The van der Waals surface area contributed by atoms with Gasteiger partial charge >= 0.3 is 0 Å². The first-order chi connectivity index (χ1) is 7.61. The van der Waals surface area contributed by atoms with Gasteiger partial charge in [-0.05, 0) is 31.3 Å². The van der Waals surface area contributed by atoms with Gasteiger partial charge in [0.15, 0.2) is 0 Å². The minimum atomic E-state index is 0.200. The van der Waals surface area contributed by atoms with Gasteiger partial charge in [-0.25, -0.2) is 0 Å². The third-order valence-corrected chi connectivity index (χ3v) is 3.54. The van der Waals surface area contributed by atoms with Crippen LogP contribution in [0.4, 0.5) is 0 Å². The SMILES string of the molecule is C[C@H](NCCCC(=O)N(C)C)c1cccs1. The van der Waals surface area contributed by atoms with Crippen LogP contribution in [-0.4, -0.2) is 31.4 Å². The highest BCUT2D eigenvalue weighted by Crippen LogP contribution is 2.17. The molecule has 0 aliphatic heterocycles. The Morgan fingerprint density at radius 1 is 1.56 bits per heavy atom. The Labute approximate surface area is 101 Å². The summed E-state index contributed by atoms with van der Waals surface area (Å²) < 4.78 is 0. The number of amides is 1. The van der Waals surface area contributed by atoms with E-state index in [4.69, 9.17) is 0 Å². The van der Waals surface area contributed by atoms with Gasteiger partial charge in [-0.2, -0.15) is 0 Å². The molecule has 0 aliphatic rings. The van der Waals surface area contributed by atoms with Crippen molar-refractivity contribution in [3.8, 4) is 0 Å². The Morgan fingerprint density at radius 3 is 2.88 bits per heavy atom. The van der Waals surface area contributed by atoms with E-state index >= 15 is 0 Å². The maximum Gasteiger partial charge on any atom is 0.222 e. The molecule has 0 aliphatic carbocycles. The molecule has 4 heteroatoms. The predicted molar refractivity (Wildman–Crippen MR) is 68.7 cm³/mol. The van der Waals surface area contributed by atoms with E-state index in [9.17, 15) is 4.79 Å². The molecule has 0 unspecified atom stereocenters. The highest BCUT2D eigenvalue weighted by Gasteiger charge is 2.06. The van der Waals surface area contributed by atoms with E-state index in [1.807, 2.05) is 0 Å². The second-order valence-electron chi connectivity index (χ2n) is 4.08. The second kappa shape index (κ2) is 6.66. The number of thiophene rings is 1. The third kappa shape index (κ3) is 4.33. The Hall–Kier alpha value is -0.870. The van der Waals surface area contributed by atoms with E-state index in [2.05, 4.69) is 29.8 Å². The summed E-state index contributed by atoms with van der Waals surface area (Å²) in [6.07, 6.45) is 1.52. The Balaban J connectivity index is 2.14. The quantitative estimate of drug-likeness (QED) is 0.774. The molecule has 16 heavy (non-hydrogen) atoms. The smallest absolute Gasteiger partial charge is 0.222 e. The summed E-state index contributed by atoms with van der Waals surface area (Å²) in [7, 11) is 3.59. The van der Waals surface area contributed by atoms with Crippen LogP contribution in [0.25, 0.3) is 0 Å². The maximum atomic E-state index is 11.3. The lowest BCUT2D eigenvalue weighted by atomic mass is 10.2. The number of carbonyl (C=O) groups is 1. The van der Waals surface area contributed by atoms with E-state index in [-0.39, 0.29) is 5.91 Å². The number of carbonyl (C=O) groups excluding carboxylic acids is 1. The molecule has 90 valence electrons. The molecule has 1 heterocycles. The summed E-state index contributed by atoms with van der Waals surface area (Å²) in [4.78, 5) is 14.3. The number of nitrogens with zero attached hydrogens (tertiary/aromatic N) is 1. The molecular formula is C12H20N2OS. The van der Waals surface area contributed by atoms with Crippen LogP contribution in [0.1, 0.15) is 30.7 Å². The molecule has 1 amide bonds. The van der Waals surface area contributed by atoms with Crippen molar-refractivity contribution in [2.75, 3.05) is 20.6 Å². The van der Waals surface area contributed by atoms with E-state index < -0.39 is 0 Å². The fourth-order valence-electron chi connectivity index (χ4n) is 1.42. The first-order valence-corrected chi connectivity index (χ1v) is 6.46. The van der Waals surface area contributed by atoms with Crippen molar-refractivity contribution >= 4 is 17.2 Å². The van der Waals surface area contributed by atoms with Gasteiger partial charge in [-0.1, -0.05) is 6.07 Å². The molecule has 1 aromatic heterocycles. The van der Waals surface area contributed by atoms with Gasteiger partial charge in [-0.3, -0.25) is 4.79 Å². The van der Waals surface area contributed by atoms with Crippen molar-refractivity contribution < 1.29 is 4.79 Å². The lowest BCUT2D eigenvalue weighted by molar-refractivity contribution is -0.128. The third-order valence-electron chi connectivity index (χ3n) is 2.49. The van der Waals surface area contributed by atoms with Crippen LogP contribution in [0.5, 0.6) is 0 Å². The Bertz CT molecular complexity index is 309. The van der Waals surface area contributed by atoms with Crippen LogP contribution < -0.4 is 5.32 Å². The van der Waals surface area contributed by atoms with Crippen molar-refractivity contribution in [1.29, 1.82) is 0 Å². The number of hydrogen-bond donors (Lipinski definition) is 1. The van der Waals surface area contributed by atoms with E-state index in [1.165, 1.54) is 4.88 Å². The summed E-state index contributed by atoms with van der Waals surface area (Å²) in [5, 5.41) is 5.51. The van der Waals surface area contributed by atoms with Crippen LogP contribution >= 0.6 is 11.3 Å². The van der Waals surface area contributed by atoms with Crippen molar-refractivity contribution in [3.05, 3.63) is 22.4 Å². The van der Waals surface area contributed by atoms with Gasteiger partial charge in [0.25, 0.3) is 0 Å². The van der Waals surface area contributed by atoms with Crippen molar-refractivity contribution in [2.45, 2.75) is 25.8 Å². The minimum Gasteiger partial charge on any atom is -0.349 e. The molecule has 1 rings (SSSR count). The van der Waals surface area contributed by atoms with Crippen LogP contribution in [0.15, 0.2) is 17.5 Å². The number of nitrogens with one attached hydrogen (secondary N) is 1. The Kier molecular flexibility index (Phi) is 5.49. The van der Waals surface area contributed by atoms with E-state index in [0.717, 1.165) is 13.0 Å². The van der Waals surface area contributed by atoms with Crippen molar-refractivity contribution in [3.63, 3.8) is 0 Å². The van der Waals surface area contributed by atoms with Crippen LogP contribution in [-0.2, 0) is 4.79 Å². The van der Waals surface area contributed by atoms with Gasteiger partial charge in [-0.15, -0.1) is 11.3 Å². The maximum absolute atomic E-state index is 11.3. The monoisotopic (exact) mass is 240 g/mol. The van der Waals surface area contributed by atoms with Crippen LogP contribution in [0.2, 0.25) is 0 Å². The fourth-order valence-corrected chi connectivity index (χ4v) is 2.18. The minimum absolute atomic E-state index is 0.200. The molecule has 0 aromatic carbocycles. The van der Waals surface area contributed by atoms with Crippen molar-refractivity contribution in [1.82, 2.24) is 10.2 Å². The first kappa shape index (κ1) is 13.2. The molecule has 0 radical (unpaired) electrons. The molecule has 1 aromatic rings. The average molecular weight is 240 g/mol. The molecule has 1 N–H and O–H groups in total. The van der Waals surface area contributed by atoms with Gasteiger partial charge in [0, 0.05) is 31.4 Å². The molecule has 0 fully saturated rings. The molecule has 0 spiro atoms. The fraction of sp³-hybridized carbons (Fsp3) is 0.583. The van der Waals surface area contributed by atoms with Gasteiger partial charge < -0.3 is 10.2 Å². The molecule has 0 saturated carbocycles. The standard InChI is InChI=1S/C12H20N2OS/c1-10(11-6-5-9-16-11)13-8-4-7-12(15)14(2)3/h5-6,9-10,13H,4,7-8H2,1-3H3/t10-/m0/s1. The average Bonchev–Trinajstić information content (AvgIpc) is 2.76. The van der Waals surface area contributed by atoms with Gasteiger partial charge in [0.05, 0.1) is 0 Å². The van der Waals surface area contributed by atoms with Gasteiger partial charge in [0.2, 0.25) is 5.91 Å². The lowest BCUT2D eigenvalue weighted by Crippen LogP contribution is -2.24. The Morgan fingerprint density at radius 2 is 2.31 bits per heavy atom. The highest BCUT2D eigenvalue weighted by atomic mass is 32.1. The first-order valence-electron chi connectivity index (χ1n) is 5.58. The second-order valence-corrected chi connectivity index (χ2v) is 5.06. The zero-order valence-electron chi connectivity index (χ0n) is 10.2. The summed E-state index contributed by atoms with van der Waals surface area (Å²) >= 11 is 1.76. The summed E-state index contributed by atoms with van der Waals surface area (Å²) in [5.41, 5.74) is 0. The van der Waals surface area contributed by atoms with E-state index in [0.29, 0.717) is 12.5 Å². The zero-order valence-corrected chi connectivity index (χ0v) is 11.0. The highest BCUT2D eigenvalue weighted by molar-refractivity contribution is 7.10. The van der Waals surface area contributed by atoms with Gasteiger partial charge in [0.1, 0.15) is 0 Å². The topological polar surface area (TPSA) is 32.3 Å². The summed E-state index contributed by atoms with van der Waals surface area (Å²) in [5.74, 6) is 0.200. The summed E-state index contributed by atoms with van der Waals surface area (Å²) in [6.45, 7) is 3.04. The van der Waals surface area contributed by atoms with Crippen LogP contribution in [0, 0.1) is 0 Å². The molecular weight excluding hydrogens is 220 g/mol. The normalized spacial score (nSPS) is 12.4. The zero-order chi connectivity index (χ0) is 12.0. The van der Waals surface area contributed by atoms with E-state index in [1.54, 1.807) is 30.3 Å². The van der Waals surface area contributed by atoms with Crippen molar-refractivity contribution in [2.24, 2.45) is 0 Å². The predicted octanol–water partition coefficient (Wildman–Crippen LogP) is 2.27. The molecule has 3 nitrogen and oxygen atoms in total. The number of hydrogen-bond acceptors (Lipinski definition) is 3. The molecule has 0 bridgehead atoms. The summed E-state index contributed by atoms with van der Waals surface area (Å²) in [6, 6.07) is 4.58. The van der Waals surface area contributed by atoms with Crippen LogP contribution in [0.3, 0.4) is 0 Å². The lowest BCUT2D eigenvalue weighted by Gasteiger charge is -2.13. The molecule has 0 saturated heterocycles. The largest absolute Gasteiger partial charge is 0.349 e. The molecule has 1 atom stereocenters.